The Morgan fingerprint density at radius 1 is 0.700 bits per heavy atom. The molecule has 0 aromatic heterocycles. The molecule has 0 saturated heterocycles. The van der Waals surface area contributed by atoms with E-state index in [9.17, 15) is 0 Å². The number of benzene rings is 2. The van der Waals surface area contributed by atoms with E-state index in [4.69, 9.17) is 0 Å². The molecule has 156 valence electrons. The van der Waals surface area contributed by atoms with Crippen molar-refractivity contribution in [2.45, 2.75) is 39.5 Å². The van der Waals surface area contributed by atoms with Gasteiger partial charge < -0.3 is 24.8 Å². The van der Waals surface area contributed by atoms with Crippen LogP contribution >= 0.6 is 0 Å². The van der Waals surface area contributed by atoms with E-state index >= 15 is 0 Å². The molecule has 0 nitrogen and oxygen atoms in total. The zero-order chi connectivity index (χ0) is 20.0. The van der Waals surface area contributed by atoms with Crippen molar-refractivity contribution in [3.05, 3.63) is 108 Å². The number of rotatable bonds is 4. The average Bonchev–Trinajstić information content (AvgIpc) is 3.49. The summed E-state index contributed by atoms with van der Waals surface area (Å²) in [4.78, 5) is 0. The van der Waals surface area contributed by atoms with Gasteiger partial charge in [0.1, 0.15) is 0 Å². The Labute approximate surface area is 207 Å². The molecule has 30 heavy (non-hydrogen) atoms. The van der Waals surface area contributed by atoms with Crippen LogP contribution in [0.25, 0.3) is 0 Å². The van der Waals surface area contributed by atoms with E-state index in [-0.39, 0.29) is 24.8 Å². The number of hydrogen-bond acceptors (Lipinski definition) is 0. The fourth-order valence-electron chi connectivity index (χ4n) is 2.76. The van der Waals surface area contributed by atoms with Crippen LogP contribution in [0.3, 0.4) is 0 Å². The van der Waals surface area contributed by atoms with Gasteiger partial charge in [0.15, 0.2) is 0 Å². The Balaban J connectivity index is 0.000000448. The average molecular weight is 487 g/mol. The predicted octanol–water partition coefficient (Wildman–Crippen LogP) is -0.481. The van der Waals surface area contributed by atoms with Crippen molar-refractivity contribution < 1.29 is 44.0 Å². The van der Waals surface area contributed by atoms with E-state index < -0.39 is 6.19 Å². The molecule has 0 amide bonds. The monoisotopic (exact) mass is 486 g/mol. The standard InChI is InChI=1S/C12H10Si.2C7H9.2ClH.Ti/c1-3-7-11(8-4-1)13-12-9-5-2-6-10-12;2*1-2-7-5-3-4-6-7;;;/h1-10H;2*3,5H,2,4H2,1H3;2*1H;/q;2*-1;;;+2/p-2. The fraction of sp³-hybridized carbons (Fsp3) is 0.231. The molecule has 0 radical (unpaired) electrons. The van der Waals surface area contributed by atoms with Crippen molar-refractivity contribution in [2.75, 3.05) is 0 Å². The summed E-state index contributed by atoms with van der Waals surface area (Å²) >= 11 is 2.34. The first-order valence-electron chi connectivity index (χ1n) is 9.96. The Hall–Kier alpha value is -1.09. The maximum atomic E-state index is 3.21. The second-order valence-corrected chi connectivity index (χ2v) is 10.7. The van der Waals surface area contributed by atoms with Gasteiger partial charge in [-0.25, -0.2) is 23.3 Å². The zero-order valence-corrected chi connectivity index (χ0v) is 21.7. The van der Waals surface area contributed by atoms with Crippen LogP contribution in [0.2, 0.25) is 0 Å². The molecule has 0 spiro atoms. The molecule has 0 atom stereocenters. The van der Waals surface area contributed by atoms with Crippen molar-refractivity contribution in [3.63, 3.8) is 0 Å². The van der Waals surface area contributed by atoms with Gasteiger partial charge >= 0.3 is 96.4 Å². The summed E-state index contributed by atoms with van der Waals surface area (Å²) in [5.41, 5.74) is 2.72. The second-order valence-electron chi connectivity index (χ2n) is 6.43. The van der Waals surface area contributed by atoms with Gasteiger partial charge in [-0.2, -0.15) is 12.2 Å². The molecule has 2 aliphatic rings. The summed E-state index contributed by atoms with van der Waals surface area (Å²) in [5.74, 6) is 0. The summed E-state index contributed by atoms with van der Waals surface area (Å²) in [6.07, 6.45) is 18.8. The van der Waals surface area contributed by atoms with E-state index in [0.717, 1.165) is 25.7 Å². The number of hydrogen-bond donors (Lipinski definition) is 0. The maximum absolute atomic E-state index is 3.21. The summed E-state index contributed by atoms with van der Waals surface area (Å²) < 4.78 is 0. The van der Waals surface area contributed by atoms with Crippen molar-refractivity contribution in [3.8, 4) is 0 Å². The first-order chi connectivity index (χ1) is 13.7. The van der Waals surface area contributed by atoms with E-state index in [1.54, 1.807) is 0 Å². The molecule has 4 heteroatoms. The van der Waals surface area contributed by atoms with Crippen molar-refractivity contribution in [2.24, 2.45) is 0 Å². The molecule has 2 aromatic rings. The molecule has 2 aliphatic carbocycles. The summed E-state index contributed by atoms with van der Waals surface area (Å²) in [5, 5.41) is 2.95. The Morgan fingerprint density at radius 2 is 1.07 bits per heavy atom. The Morgan fingerprint density at radius 3 is 1.30 bits per heavy atom. The van der Waals surface area contributed by atoms with E-state index in [1.807, 2.05) is 0 Å². The minimum atomic E-state index is -0.545. The van der Waals surface area contributed by atoms with Gasteiger partial charge in [-0.05, 0) is 0 Å². The van der Waals surface area contributed by atoms with Gasteiger partial charge in [-0.15, -0.1) is 12.8 Å². The summed E-state index contributed by atoms with van der Waals surface area (Å²) in [6, 6.07) is 21.5. The molecular weight excluding hydrogens is 459 g/mol. The summed E-state index contributed by atoms with van der Waals surface area (Å²) in [7, 11) is 0. The van der Waals surface area contributed by atoms with Gasteiger partial charge in [0.2, 0.25) is 0 Å². The van der Waals surface area contributed by atoms with E-state index in [0.29, 0.717) is 0 Å². The molecule has 4 rings (SSSR count). The van der Waals surface area contributed by atoms with Gasteiger partial charge in [0.25, 0.3) is 0 Å². The molecule has 0 fully saturated rings. The third kappa shape index (κ3) is 10.8. The van der Waals surface area contributed by atoms with E-state index in [1.165, 1.54) is 21.5 Å². The molecule has 2 aromatic carbocycles. The molecule has 0 heterocycles. The summed E-state index contributed by atoms with van der Waals surface area (Å²) in [6.45, 7) is 4.30. The van der Waals surface area contributed by atoms with E-state index in [2.05, 4.69) is 130 Å². The van der Waals surface area contributed by atoms with Gasteiger partial charge in [0, 0.05) is 0 Å². The topological polar surface area (TPSA) is 0 Å². The SMILES string of the molecule is CCC1=[C-]CC=C1.CCC1=[C-]CC=C1.[Cl-].[Cl-].[Ti+2]=[Si](c1ccccc1)c1ccccc1. The first kappa shape index (κ1) is 28.9. The Kier molecular flexibility index (Phi) is 16.9. The Bertz CT molecular complexity index is 782. The van der Waals surface area contributed by atoms with Crippen LogP contribution in [0.5, 0.6) is 0 Å². The molecule has 0 saturated carbocycles. The van der Waals surface area contributed by atoms with Gasteiger partial charge in [-0.1, -0.05) is 26.7 Å². The molecule has 0 unspecified atom stereocenters. The van der Waals surface area contributed by atoms with Crippen LogP contribution in [0.15, 0.2) is 96.1 Å². The molecule has 0 N–H and O–H groups in total. The van der Waals surface area contributed by atoms with Crippen molar-refractivity contribution >= 4 is 16.6 Å². The van der Waals surface area contributed by atoms with Crippen molar-refractivity contribution in [1.29, 1.82) is 0 Å². The normalized spacial score (nSPS) is 12.8. The molecule has 0 aliphatic heterocycles. The van der Waals surface area contributed by atoms with Crippen LogP contribution in [-0.2, 0) is 19.2 Å². The third-order valence-corrected chi connectivity index (χ3v) is 8.94. The van der Waals surface area contributed by atoms with Gasteiger partial charge in [0.05, 0.1) is 0 Å². The number of halogens is 2. The minimum absolute atomic E-state index is 0. The fourth-order valence-corrected chi connectivity index (χ4v) is 5.71. The zero-order valence-electron chi connectivity index (χ0n) is 17.7. The quantitative estimate of drug-likeness (QED) is 0.404. The van der Waals surface area contributed by atoms with Crippen LogP contribution < -0.4 is 35.2 Å². The predicted molar refractivity (Wildman–Crippen MR) is 120 cm³/mol. The molecular formula is C26H28Cl2SiTi-2. The van der Waals surface area contributed by atoms with Crippen LogP contribution in [-0.4, -0.2) is 6.19 Å². The van der Waals surface area contributed by atoms with Crippen LogP contribution in [0.1, 0.15) is 39.5 Å². The van der Waals surface area contributed by atoms with Crippen LogP contribution in [0, 0.1) is 12.2 Å². The van der Waals surface area contributed by atoms with Crippen LogP contribution in [0.4, 0.5) is 0 Å². The molecule has 0 bridgehead atoms. The number of allylic oxidation sites excluding steroid dienone is 8. The third-order valence-electron chi connectivity index (χ3n) is 4.42. The first-order valence-corrected chi connectivity index (χ1v) is 13.8. The second kappa shape index (κ2) is 17.6. The van der Waals surface area contributed by atoms with Crippen molar-refractivity contribution in [1.82, 2.24) is 0 Å². The van der Waals surface area contributed by atoms with Gasteiger partial charge in [-0.3, -0.25) is 12.2 Å².